The molecule has 1 atom stereocenters. The average molecular weight is 213 g/mol. The van der Waals surface area contributed by atoms with Gasteiger partial charge in [0.25, 0.3) is 0 Å². The second-order valence-electron chi connectivity index (χ2n) is 3.81. The molecule has 1 nitrogen and oxygen atoms in total. The Kier molecular flexibility index (Phi) is 1.22. The summed E-state index contributed by atoms with van der Waals surface area (Å²) < 4.78 is 39.2. The Bertz CT molecular complexity index is 740. The summed E-state index contributed by atoms with van der Waals surface area (Å²) in [6.45, 7) is 0. The summed E-state index contributed by atoms with van der Waals surface area (Å²) in [5.41, 5.74) is 1.52. The molecule has 0 heterocycles. The van der Waals surface area contributed by atoms with Gasteiger partial charge in [0.15, 0.2) is 5.78 Å². The summed E-state index contributed by atoms with van der Waals surface area (Å²) in [6.07, 6.45) is 0.146. The lowest BCUT2D eigenvalue weighted by molar-refractivity contribution is 0.0991. The molecular weight excluding hydrogens is 196 g/mol. The van der Waals surface area contributed by atoms with Gasteiger partial charge in [-0.25, -0.2) is 0 Å². The lowest BCUT2D eigenvalue weighted by atomic mass is 9.93. The predicted molar refractivity (Wildman–Crippen MR) is 63.7 cm³/mol. The molecule has 2 aromatic rings. The first-order valence-corrected chi connectivity index (χ1v) is 5.12. The van der Waals surface area contributed by atoms with Gasteiger partial charge in [0, 0.05) is 17.9 Å². The molecule has 1 unspecified atom stereocenters. The van der Waals surface area contributed by atoms with Gasteiger partial charge in [0.2, 0.25) is 0 Å². The second-order valence-corrected chi connectivity index (χ2v) is 3.81. The van der Waals surface area contributed by atoms with Crippen LogP contribution in [0.15, 0.2) is 54.5 Å². The quantitative estimate of drug-likeness (QED) is 0.709. The fraction of sp³-hybridized carbons (Fsp3) is 0.133. The number of ketones is 1. The fourth-order valence-corrected chi connectivity index (χ4v) is 2.15. The van der Waals surface area contributed by atoms with Gasteiger partial charge in [-0.2, -0.15) is 0 Å². The van der Waals surface area contributed by atoms with Gasteiger partial charge in [0.05, 0.1) is 6.85 Å². The normalized spacial score (nSPS) is 22.9. The number of Topliss-reactive ketones (excluding diaryl/α,β-unsaturated/α-hetero) is 1. The van der Waals surface area contributed by atoms with E-state index in [0.717, 1.165) is 5.56 Å². The maximum absolute atomic E-state index is 12.1. The SMILES string of the molecule is [2H]c1c([2H])c([2H])c(C2CC(=O)c3ccccc32)c([2H])c1[2H]. The van der Waals surface area contributed by atoms with Crippen molar-refractivity contribution in [1.82, 2.24) is 0 Å². The van der Waals surface area contributed by atoms with E-state index in [1.807, 2.05) is 0 Å². The lowest BCUT2D eigenvalue weighted by Gasteiger charge is -2.10. The van der Waals surface area contributed by atoms with E-state index in [9.17, 15) is 4.79 Å². The molecule has 0 radical (unpaired) electrons. The number of fused-ring (bicyclic) bond motifs is 1. The summed E-state index contributed by atoms with van der Waals surface area (Å²) in [5, 5.41) is 0. The van der Waals surface area contributed by atoms with Crippen LogP contribution < -0.4 is 0 Å². The van der Waals surface area contributed by atoms with Crippen molar-refractivity contribution in [2.45, 2.75) is 12.3 Å². The smallest absolute Gasteiger partial charge is 0.164 e. The van der Waals surface area contributed by atoms with Crippen molar-refractivity contribution in [3.8, 4) is 0 Å². The predicted octanol–water partition coefficient (Wildman–Crippen LogP) is 3.40. The first kappa shape index (κ1) is 5.44. The van der Waals surface area contributed by atoms with Crippen LogP contribution in [0.2, 0.25) is 0 Å². The van der Waals surface area contributed by atoms with Gasteiger partial charge >= 0.3 is 0 Å². The van der Waals surface area contributed by atoms with E-state index in [-0.39, 0.29) is 41.9 Å². The zero-order valence-corrected chi connectivity index (χ0v) is 8.50. The molecule has 0 bridgehead atoms. The first-order valence-electron chi connectivity index (χ1n) is 7.62. The first-order chi connectivity index (χ1) is 9.93. The van der Waals surface area contributed by atoms with E-state index in [1.54, 1.807) is 24.3 Å². The highest BCUT2D eigenvalue weighted by Crippen LogP contribution is 2.37. The Morgan fingerprint density at radius 2 is 1.88 bits per heavy atom. The van der Waals surface area contributed by atoms with Gasteiger partial charge in [-0.15, -0.1) is 0 Å². The number of hydrogen-bond donors (Lipinski definition) is 0. The van der Waals surface area contributed by atoms with Crippen LogP contribution in [0.4, 0.5) is 0 Å². The van der Waals surface area contributed by atoms with E-state index >= 15 is 0 Å². The summed E-state index contributed by atoms with van der Waals surface area (Å²) >= 11 is 0. The fourth-order valence-electron chi connectivity index (χ4n) is 2.15. The summed E-state index contributed by atoms with van der Waals surface area (Å²) in [6, 6.07) is 5.47. The number of carbonyl (C=O) groups excluding carboxylic acids is 1. The molecule has 0 spiro atoms. The Morgan fingerprint density at radius 1 is 1.12 bits per heavy atom. The molecule has 3 rings (SSSR count). The molecule has 0 amide bonds. The van der Waals surface area contributed by atoms with Crippen molar-refractivity contribution >= 4 is 5.78 Å². The molecule has 78 valence electrons. The zero-order valence-electron chi connectivity index (χ0n) is 13.5. The third kappa shape index (κ3) is 1.36. The highest BCUT2D eigenvalue weighted by atomic mass is 16.1. The van der Waals surface area contributed by atoms with E-state index in [2.05, 4.69) is 0 Å². The molecule has 0 aromatic heterocycles. The molecule has 0 saturated carbocycles. The lowest BCUT2D eigenvalue weighted by Crippen LogP contribution is -1.95. The van der Waals surface area contributed by atoms with Crippen LogP contribution in [0.1, 0.15) is 40.7 Å². The Labute approximate surface area is 102 Å². The van der Waals surface area contributed by atoms with Gasteiger partial charge < -0.3 is 0 Å². The molecule has 16 heavy (non-hydrogen) atoms. The molecule has 0 aliphatic heterocycles. The maximum Gasteiger partial charge on any atom is 0.164 e. The monoisotopic (exact) mass is 213 g/mol. The number of hydrogen-bond acceptors (Lipinski definition) is 1. The highest BCUT2D eigenvalue weighted by Gasteiger charge is 2.29. The van der Waals surface area contributed by atoms with Crippen molar-refractivity contribution in [2.75, 3.05) is 0 Å². The highest BCUT2D eigenvalue weighted by molar-refractivity contribution is 6.01. The van der Waals surface area contributed by atoms with Crippen LogP contribution in [0.5, 0.6) is 0 Å². The van der Waals surface area contributed by atoms with Gasteiger partial charge in [-0.3, -0.25) is 4.79 Å². The number of rotatable bonds is 1. The third-order valence-corrected chi connectivity index (χ3v) is 2.89. The molecule has 0 N–H and O–H groups in total. The number of carbonyl (C=O) groups is 1. The second kappa shape index (κ2) is 3.60. The van der Waals surface area contributed by atoms with Gasteiger partial charge in [-0.1, -0.05) is 54.5 Å². The van der Waals surface area contributed by atoms with Crippen LogP contribution in [0.3, 0.4) is 0 Å². The van der Waals surface area contributed by atoms with Crippen LogP contribution in [0.25, 0.3) is 0 Å². The Morgan fingerprint density at radius 3 is 2.69 bits per heavy atom. The van der Waals surface area contributed by atoms with Crippen molar-refractivity contribution in [3.63, 3.8) is 0 Å². The molecule has 0 fully saturated rings. The Balaban J connectivity index is 2.27. The summed E-state index contributed by atoms with van der Waals surface area (Å²) in [4.78, 5) is 12.1. The summed E-state index contributed by atoms with van der Waals surface area (Å²) in [7, 11) is 0. The van der Waals surface area contributed by atoms with Gasteiger partial charge in [0.1, 0.15) is 0 Å². The molecule has 2 aromatic carbocycles. The maximum atomic E-state index is 12.1. The topological polar surface area (TPSA) is 17.1 Å². The molecule has 1 heteroatoms. The zero-order chi connectivity index (χ0) is 15.3. The van der Waals surface area contributed by atoms with Crippen LogP contribution in [0, 0.1) is 0 Å². The minimum absolute atomic E-state index is 0.0533. The van der Waals surface area contributed by atoms with E-state index < -0.39 is 12.0 Å². The summed E-state index contributed by atoms with van der Waals surface area (Å²) in [5.74, 6) is -0.523. The van der Waals surface area contributed by atoms with Crippen molar-refractivity contribution < 1.29 is 11.6 Å². The Hall–Kier alpha value is -1.89. The number of benzene rings is 2. The molecule has 0 saturated heterocycles. The minimum Gasteiger partial charge on any atom is -0.294 e. The van der Waals surface area contributed by atoms with E-state index in [1.165, 1.54) is 0 Å². The van der Waals surface area contributed by atoms with Crippen LogP contribution >= 0.6 is 0 Å². The molecule has 1 aliphatic rings. The van der Waals surface area contributed by atoms with Crippen LogP contribution in [-0.4, -0.2) is 5.78 Å². The van der Waals surface area contributed by atoms with E-state index in [0.29, 0.717) is 5.56 Å². The minimum atomic E-state index is -0.470. The van der Waals surface area contributed by atoms with Gasteiger partial charge in [-0.05, 0) is 11.1 Å². The van der Waals surface area contributed by atoms with Crippen LogP contribution in [-0.2, 0) is 0 Å². The third-order valence-electron chi connectivity index (χ3n) is 2.89. The molecular formula is C15H12O. The van der Waals surface area contributed by atoms with Crippen molar-refractivity contribution in [1.29, 1.82) is 0 Å². The van der Waals surface area contributed by atoms with E-state index in [4.69, 9.17) is 6.85 Å². The van der Waals surface area contributed by atoms with Crippen molar-refractivity contribution in [3.05, 3.63) is 71.2 Å². The average Bonchev–Trinajstić information content (AvgIpc) is 2.81. The molecule has 1 aliphatic carbocycles. The standard InChI is InChI=1S/C15H12O/c16-15-10-14(11-6-2-1-3-7-11)12-8-4-5-9-13(12)15/h1-9,14H,10H2/i1D,2D,3D,6D,7D. The van der Waals surface area contributed by atoms with Crippen molar-refractivity contribution in [2.24, 2.45) is 0 Å². The largest absolute Gasteiger partial charge is 0.294 e.